The Balaban J connectivity index is 1.61. The van der Waals surface area contributed by atoms with Gasteiger partial charge in [-0.2, -0.15) is 9.36 Å². The van der Waals surface area contributed by atoms with E-state index in [4.69, 9.17) is 4.74 Å². The molecule has 4 aromatic rings. The zero-order valence-corrected chi connectivity index (χ0v) is 16.0. The Morgan fingerprint density at radius 3 is 2.71 bits per heavy atom. The number of ether oxygens (including phenoxy) is 1. The molecule has 7 nitrogen and oxygen atoms in total. The quantitative estimate of drug-likeness (QED) is 0.517. The molecule has 28 heavy (non-hydrogen) atoms. The molecule has 0 saturated heterocycles. The van der Waals surface area contributed by atoms with Gasteiger partial charge < -0.3 is 4.74 Å². The SMILES string of the molecule is Cc1ccccc1-c1csc(OCc2c(F)cccc2-n2nnn(C)c2=O)n1. The Hall–Kier alpha value is -3.33. The number of hydrogen-bond donors (Lipinski definition) is 0. The molecule has 0 aliphatic heterocycles. The molecule has 0 spiro atoms. The van der Waals surface area contributed by atoms with E-state index in [9.17, 15) is 9.18 Å². The highest BCUT2D eigenvalue weighted by atomic mass is 32.1. The lowest BCUT2D eigenvalue weighted by molar-refractivity contribution is 0.297. The second-order valence-electron chi connectivity index (χ2n) is 6.14. The van der Waals surface area contributed by atoms with Gasteiger partial charge in [-0.15, -0.1) is 0 Å². The molecule has 142 valence electrons. The lowest BCUT2D eigenvalue weighted by Crippen LogP contribution is -2.23. The normalized spacial score (nSPS) is 11.0. The van der Waals surface area contributed by atoms with Crippen LogP contribution in [0.15, 0.2) is 52.6 Å². The van der Waals surface area contributed by atoms with E-state index in [1.807, 2.05) is 36.6 Å². The van der Waals surface area contributed by atoms with Gasteiger partial charge in [0.2, 0.25) is 0 Å². The van der Waals surface area contributed by atoms with Crippen molar-refractivity contribution in [2.75, 3.05) is 0 Å². The standard InChI is InChI=1S/C19H16FN5O2S/c1-12-6-3-4-7-13(12)16-11-28-18(21-16)27-10-14-15(20)8-5-9-17(14)25-19(26)24(2)22-23-25/h3-9,11H,10H2,1-2H3. The van der Waals surface area contributed by atoms with Gasteiger partial charge in [-0.05, 0) is 35.0 Å². The summed E-state index contributed by atoms with van der Waals surface area (Å²) in [5, 5.41) is 9.76. The van der Waals surface area contributed by atoms with E-state index in [1.54, 1.807) is 6.07 Å². The van der Waals surface area contributed by atoms with Gasteiger partial charge in [0.25, 0.3) is 5.19 Å². The van der Waals surface area contributed by atoms with Crippen molar-refractivity contribution in [2.45, 2.75) is 13.5 Å². The van der Waals surface area contributed by atoms with Crippen molar-refractivity contribution in [1.29, 1.82) is 0 Å². The van der Waals surface area contributed by atoms with Crippen LogP contribution in [-0.2, 0) is 13.7 Å². The Labute approximate surface area is 163 Å². The van der Waals surface area contributed by atoms with Crippen LogP contribution in [0.3, 0.4) is 0 Å². The van der Waals surface area contributed by atoms with Gasteiger partial charge in [0.15, 0.2) is 0 Å². The van der Waals surface area contributed by atoms with E-state index in [-0.39, 0.29) is 17.9 Å². The van der Waals surface area contributed by atoms with Gasteiger partial charge in [-0.1, -0.05) is 41.7 Å². The second kappa shape index (κ2) is 7.35. The molecule has 0 aliphatic carbocycles. The fraction of sp³-hybridized carbons (Fsp3) is 0.158. The highest BCUT2D eigenvalue weighted by molar-refractivity contribution is 7.11. The first kappa shape index (κ1) is 18.1. The molecule has 0 aliphatic rings. The molecule has 0 amide bonds. The van der Waals surface area contributed by atoms with Gasteiger partial charge >= 0.3 is 5.69 Å². The third-order valence-corrected chi connectivity index (χ3v) is 5.04. The summed E-state index contributed by atoms with van der Waals surface area (Å²) >= 11 is 1.33. The summed E-state index contributed by atoms with van der Waals surface area (Å²) in [6, 6.07) is 12.3. The summed E-state index contributed by atoms with van der Waals surface area (Å²) in [4.78, 5) is 16.6. The second-order valence-corrected chi connectivity index (χ2v) is 6.96. The van der Waals surface area contributed by atoms with Gasteiger partial charge in [-0.3, -0.25) is 0 Å². The Morgan fingerprint density at radius 1 is 1.14 bits per heavy atom. The summed E-state index contributed by atoms with van der Waals surface area (Å²) in [5.74, 6) is -0.495. The van der Waals surface area contributed by atoms with Crippen LogP contribution in [0.4, 0.5) is 4.39 Å². The molecule has 9 heteroatoms. The molecule has 0 bridgehead atoms. The predicted octanol–water partition coefficient (Wildman–Crippen LogP) is 3.12. The fourth-order valence-corrected chi connectivity index (χ4v) is 3.47. The third-order valence-electron chi connectivity index (χ3n) is 4.29. The zero-order valence-electron chi connectivity index (χ0n) is 15.2. The molecule has 2 aromatic carbocycles. The van der Waals surface area contributed by atoms with Gasteiger partial charge in [0.05, 0.1) is 16.9 Å². The largest absolute Gasteiger partial charge is 0.465 e. The first-order chi connectivity index (χ1) is 13.5. The highest BCUT2D eigenvalue weighted by Gasteiger charge is 2.16. The first-order valence-corrected chi connectivity index (χ1v) is 9.33. The number of tetrazole rings is 1. The molecule has 0 N–H and O–H groups in total. The Bertz CT molecular complexity index is 1200. The van der Waals surface area contributed by atoms with Gasteiger partial charge in [-0.25, -0.2) is 14.2 Å². The molecule has 4 rings (SSSR count). The molecule has 0 unspecified atom stereocenters. The van der Waals surface area contributed by atoms with Crippen LogP contribution < -0.4 is 10.4 Å². The van der Waals surface area contributed by atoms with Gasteiger partial charge in [0.1, 0.15) is 12.4 Å². The van der Waals surface area contributed by atoms with Crippen molar-refractivity contribution in [3.8, 4) is 22.1 Å². The molecule has 2 aromatic heterocycles. The molecular formula is C19H16FN5O2S. The van der Waals surface area contributed by atoms with E-state index in [1.165, 1.54) is 30.5 Å². The smallest absolute Gasteiger partial charge is 0.368 e. The minimum Gasteiger partial charge on any atom is -0.465 e. The predicted molar refractivity (Wildman–Crippen MR) is 103 cm³/mol. The van der Waals surface area contributed by atoms with Crippen molar-refractivity contribution < 1.29 is 9.13 Å². The maximum absolute atomic E-state index is 14.4. The van der Waals surface area contributed by atoms with Crippen LogP contribution in [0, 0.1) is 12.7 Å². The summed E-state index contributed by atoms with van der Waals surface area (Å²) in [5.41, 5.74) is 2.95. The number of hydrogen-bond acceptors (Lipinski definition) is 6. The van der Waals surface area contributed by atoms with Crippen LogP contribution in [0.25, 0.3) is 16.9 Å². The maximum Gasteiger partial charge on any atom is 0.368 e. The third kappa shape index (κ3) is 3.31. The first-order valence-electron chi connectivity index (χ1n) is 8.45. The van der Waals surface area contributed by atoms with Crippen LogP contribution >= 0.6 is 11.3 Å². The summed E-state index contributed by atoms with van der Waals surface area (Å²) in [7, 11) is 1.48. The molecular weight excluding hydrogens is 381 g/mol. The summed E-state index contributed by atoms with van der Waals surface area (Å²) in [6.45, 7) is 1.92. The number of thiazole rings is 1. The Kier molecular flexibility index (Phi) is 4.74. The number of halogens is 1. The molecule has 0 saturated carbocycles. The van der Waals surface area contributed by atoms with E-state index in [2.05, 4.69) is 15.4 Å². The van der Waals surface area contributed by atoms with E-state index in [0.29, 0.717) is 5.19 Å². The van der Waals surface area contributed by atoms with Crippen LogP contribution in [-0.4, -0.2) is 24.8 Å². The lowest BCUT2D eigenvalue weighted by atomic mass is 10.1. The topological polar surface area (TPSA) is 74.8 Å². The number of nitrogens with zero attached hydrogens (tertiary/aromatic N) is 5. The van der Waals surface area contributed by atoms with Crippen molar-refractivity contribution in [2.24, 2.45) is 7.05 Å². The molecule has 0 fully saturated rings. The number of aryl methyl sites for hydroxylation is 2. The average Bonchev–Trinajstić information content (AvgIpc) is 3.28. The van der Waals surface area contributed by atoms with Crippen molar-refractivity contribution in [1.82, 2.24) is 24.8 Å². The lowest BCUT2D eigenvalue weighted by Gasteiger charge is -2.09. The molecule has 0 atom stereocenters. The molecule has 2 heterocycles. The van der Waals surface area contributed by atoms with Crippen LogP contribution in [0.1, 0.15) is 11.1 Å². The fourth-order valence-electron chi connectivity index (χ4n) is 2.79. The van der Waals surface area contributed by atoms with Gasteiger partial charge in [0, 0.05) is 18.0 Å². The zero-order chi connectivity index (χ0) is 19.7. The minimum atomic E-state index is -0.495. The van der Waals surface area contributed by atoms with Crippen LogP contribution in [0.5, 0.6) is 5.19 Å². The number of rotatable bonds is 5. The van der Waals surface area contributed by atoms with Crippen molar-refractivity contribution >= 4 is 11.3 Å². The van der Waals surface area contributed by atoms with E-state index in [0.717, 1.165) is 26.2 Å². The molecule has 0 radical (unpaired) electrons. The summed E-state index contributed by atoms with van der Waals surface area (Å²) < 4.78 is 22.3. The number of aromatic nitrogens is 5. The summed E-state index contributed by atoms with van der Waals surface area (Å²) in [6.07, 6.45) is 0. The van der Waals surface area contributed by atoms with E-state index >= 15 is 0 Å². The minimum absolute atomic E-state index is 0.0915. The average molecular weight is 397 g/mol. The highest BCUT2D eigenvalue weighted by Crippen LogP contribution is 2.29. The Morgan fingerprint density at radius 2 is 1.96 bits per heavy atom. The van der Waals surface area contributed by atoms with Crippen LogP contribution in [0.2, 0.25) is 0 Å². The van der Waals surface area contributed by atoms with Crippen molar-refractivity contribution in [3.63, 3.8) is 0 Å². The number of benzene rings is 2. The monoisotopic (exact) mass is 397 g/mol. The van der Waals surface area contributed by atoms with Crippen molar-refractivity contribution in [3.05, 3.63) is 75.3 Å². The maximum atomic E-state index is 14.4. The van der Waals surface area contributed by atoms with E-state index < -0.39 is 11.5 Å².